The maximum atomic E-state index is 11.3. The minimum atomic E-state index is -0.256. The molecule has 0 bridgehead atoms. The average Bonchev–Trinajstić information content (AvgIpc) is 2.60. The van der Waals surface area contributed by atoms with Crippen molar-refractivity contribution >= 4 is 5.97 Å². The van der Waals surface area contributed by atoms with Gasteiger partial charge in [-0.3, -0.25) is 0 Å². The summed E-state index contributed by atoms with van der Waals surface area (Å²) in [5.74, 6) is -0.256. The molecule has 4 heteroatoms. The Morgan fingerprint density at radius 1 is 1.62 bits per heavy atom. The average molecular weight is 180 g/mol. The van der Waals surface area contributed by atoms with Crippen LogP contribution >= 0.6 is 0 Å². The number of nitrogens with one attached hydrogen (secondary N) is 1. The Labute approximate surface area is 76.5 Å². The summed E-state index contributed by atoms with van der Waals surface area (Å²) < 4.78 is 6.68. The molecule has 0 saturated heterocycles. The highest BCUT2D eigenvalue weighted by atomic mass is 16.5. The van der Waals surface area contributed by atoms with E-state index >= 15 is 0 Å². The van der Waals surface area contributed by atoms with Gasteiger partial charge in [0.1, 0.15) is 5.69 Å². The Morgan fingerprint density at radius 2 is 2.46 bits per heavy atom. The van der Waals surface area contributed by atoms with Gasteiger partial charge in [-0.15, -0.1) is 0 Å². The van der Waals surface area contributed by atoms with E-state index in [1.165, 1.54) is 7.11 Å². The van der Waals surface area contributed by atoms with Gasteiger partial charge in [-0.05, 0) is 12.1 Å². The standard InChI is InChI=1S/C9H12N2O2/c1-13-9(12)8-3-2-7-6-10-4-5-11(7)8/h2-3,10H,4-6H2,1H3. The van der Waals surface area contributed by atoms with Gasteiger partial charge in [-0.25, -0.2) is 4.79 Å². The van der Waals surface area contributed by atoms with E-state index in [2.05, 4.69) is 10.1 Å². The molecule has 1 aliphatic heterocycles. The van der Waals surface area contributed by atoms with Gasteiger partial charge in [-0.2, -0.15) is 0 Å². The second-order valence-corrected chi connectivity index (χ2v) is 3.03. The summed E-state index contributed by atoms with van der Waals surface area (Å²) in [4.78, 5) is 11.3. The number of methoxy groups -OCH3 is 1. The Balaban J connectivity index is 2.36. The molecular formula is C9H12N2O2. The van der Waals surface area contributed by atoms with Crippen molar-refractivity contribution in [3.8, 4) is 0 Å². The molecule has 0 spiro atoms. The number of carbonyl (C=O) groups is 1. The highest BCUT2D eigenvalue weighted by Gasteiger charge is 2.16. The van der Waals surface area contributed by atoms with Crippen LogP contribution in [0.1, 0.15) is 16.2 Å². The lowest BCUT2D eigenvalue weighted by atomic mass is 10.3. The van der Waals surface area contributed by atoms with E-state index in [0.29, 0.717) is 5.69 Å². The van der Waals surface area contributed by atoms with Gasteiger partial charge in [0, 0.05) is 25.3 Å². The van der Waals surface area contributed by atoms with Gasteiger partial charge in [0.05, 0.1) is 7.11 Å². The topological polar surface area (TPSA) is 43.3 Å². The molecule has 2 rings (SSSR count). The molecule has 70 valence electrons. The van der Waals surface area contributed by atoms with Crippen LogP contribution in [0.25, 0.3) is 0 Å². The Bertz CT molecular complexity index is 330. The second-order valence-electron chi connectivity index (χ2n) is 3.03. The van der Waals surface area contributed by atoms with Crippen LogP contribution in [0, 0.1) is 0 Å². The van der Waals surface area contributed by atoms with Crippen molar-refractivity contribution in [3.05, 3.63) is 23.5 Å². The first-order valence-electron chi connectivity index (χ1n) is 4.30. The van der Waals surface area contributed by atoms with E-state index in [4.69, 9.17) is 0 Å². The Hall–Kier alpha value is -1.29. The second kappa shape index (κ2) is 3.22. The van der Waals surface area contributed by atoms with Gasteiger partial charge in [0.15, 0.2) is 0 Å². The van der Waals surface area contributed by atoms with Crippen LogP contribution < -0.4 is 5.32 Å². The highest BCUT2D eigenvalue weighted by Crippen LogP contribution is 2.12. The van der Waals surface area contributed by atoms with Gasteiger partial charge in [0.2, 0.25) is 0 Å². The van der Waals surface area contributed by atoms with E-state index in [1.54, 1.807) is 0 Å². The lowest BCUT2D eigenvalue weighted by Gasteiger charge is -2.18. The number of fused-ring (bicyclic) bond motifs is 1. The summed E-state index contributed by atoms with van der Waals surface area (Å²) in [6.45, 7) is 2.58. The van der Waals surface area contributed by atoms with Gasteiger partial charge in [0.25, 0.3) is 0 Å². The number of esters is 1. The van der Waals surface area contributed by atoms with Crippen molar-refractivity contribution in [3.63, 3.8) is 0 Å². The van der Waals surface area contributed by atoms with Crippen molar-refractivity contribution in [1.82, 2.24) is 9.88 Å². The van der Waals surface area contributed by atoms with Crippen LogP contribution in [0.15, 0.2) is 12.1 Å². The number of hydrogen-bond acceptors (Lipinski definition) is 3. The molecule has 0 fully saturated rings. The highest BCUT2D eigenvalue weighted by molar-refractivity contribution is 5.87. The summed E-state index contributed by atoms with van der Waals surface area (Å²) in [5.41, 5.74) is 1.80. The Kier molecular flexibility index (Phi) is 2.06. The number of nitrogens with zero attached hydrogens (tertiary/aromatic N) is 1. The van der Waals surface area contributed by atoms with Crippen LogP contribution in [0.4, 0.5) is 0 Å². The van der Waals surface area contributed by atoms with E-state index in [1.807, 2.05) is 16.7 Å². The fraction of sp³-hybridized carbons (Fsp3) is 0.444. The zero-order valence-electron chi connectivity index (χ0n) is 7.54. The third-order valence-electron chi connectivity index (χ3n) is 2.28. The summed E-state index contributed by atoms with van der Waals surface area (Å²) >= 11 is 0. The quantitative estimate of drug-likeness (QED) is 0.635. The lowest BCUT2D eigenvalue weighted by molar-refractivity contribution is 0.0587. The lowest BCUT2D eigenvalue weighted by Crippen LogP contribution is -2.29. The molecule has 0 atom stereocenters. The van der Waals surface area contributed by atoms with E-state index in [9.17, 15) is 4.79 Å². The third-order valence-corrected chi connectivity index (χ3v) is 2.28. The van der Waals surface area contributed by atoms with Crippen LogP contribution in [-0.4, -0.2) is 24.2 Å². The minimum Gasteiger partial charge on any atom is -0.464 e. The number of carbonyl (C=O) groups excluding carboxylic acids is 1. The van der Waals surface area contributed by atoms with Gasteiger partial charge >= 0.3 is 5.97 Å². The van der Waals surface area contributed by atoms with Crippen LogP contribution in [0.3, 0.4) is 0 Å². The molecule has 0 amide bonds. The first kappa shape index (κ1) is 8.31. The largest absolute Gasteiger partial charge is 0.464 e. The molecule has 2 heterocycles. The fourth-order valence-electron chi connectivity index (χ4n) is 1.62. The van der Waals surface area contributed by atoms with Crippen molar-refractivity contribution in [2.24, 2.45) is 0 Å². The van der Waals surface area contributed by atoms with E-state index < -0.39 is 0 Å². The third kappa shape index (κ3) is 1.33. The number of aromatic nitrogens is 1. The molecule has 0 saturated carbocycles. The molecule has 4 nitrogen and oxygen atoms in total. The predicted molar refractivity (Wildman–Crippen MR) is 47.5 cm³/mol. The normalized spacial score (nSPS) is 15.2. The van der Waals surface area contributed by atoms with E-state index in [0.717, 1.165) is 25.3 Å². The molecule has 13 heavy (non-hydrogen) atoms. The van der Waals surface area contributed by atoms with Crippen molar-refractivity contribution < 1.29 is 9.53 Å². The van der Waals surface area contributed by atoms with Crippen LogP contribution in [-0.2, 0) is 17.8 Å². The summed E-state index contributed by atoms with van der Waals surface area (Å²) in [5, 5.41) is 3.24. The van der Waals surface area contributed by atoms with Crippen LogP contribution in [0.2, 0.25) is 0 Å². The number of rotatable bonds is 1. The Morgan fingerprint density at radius 3 is 3.23 bits per heavy atom. The molecule has 0 aromatic carbocycles. The minimum absolute atomic E-state index is 0.256. The smallest absolute Gasteiger partial charge is 0.354 e. The van der Waals surface area contributed by atoms with Gasteiger partial charge in [-0.1, -0.05) is 0 Å². The molecule has 0 unspecified atom stereocenters. The van der Waals surface area contributed by atoms with Crippen LogP contribution in [0.5, 0.6) is 0 Å². The SMILES string of the molecule is COC(=O)c1ccc2n1CCNC2. The maximum Gasteiger partial charge on any atom is 0.354 e. The monoisotopic (exact) mass is 180 g/mol. The van der Waals surface area contributed by atoms with Crippen molar-refractivity contribution in [2.45, 2.75) is 13.1 Å². The molecule has 1 aromatic rings. The van der Waals surface area contributed by atoms with E-state index in [-0.39, 0.29) is 5.97 Å². The molecule has 0 aliphatic carbocycles. The van der Waals surface area contributed by atoms with Crippen molar-refractivity contribution in [1.29, 1.82) is 0 Å². The number of hydrogen-bond donors (Lipinski definition) is 1. The summed E-state index contributed by atoms with van der Waals surface area (Å²) in [6, 6.07) is 3.77. The molecule has 1 aliphatic rings. The first-order valence-corrected chi connectivity index (χ1v) is 4.30. The molecule has 0 radical (unpaired) electrons. The number of ether oxygens (including phenoxy) is 1. The summed E-state index contributed by atoms with van der Waals surface area (Å²) in [6.07, 6.45) is 0. The molecule has 1 N–H and O–H groups in total. The molecule has 1 aromatic heterocycles. The maximum absolute atomic E-state index is 11.3. The molecular weight excluding hydrogens is 168 g/mol. The van der Waals surface area contributed by atoms with Gasteiger partial charge < -0.3 is 14.6 Å². The summed E-state index contributed by atoms with van der Waals surface area (Å²) in [7, 11) is 1.41. The predicted octanol–water partition coefficient (Wildman–Crippen LogP) is 0.378. The van der Waals surface area contributed by atoms with Crippen molar-refractivity contribution in [2.75, 3.05) is 13.7 Å². The fourth-order valence-corrected chi connectivity index (χ4v) is 1.62. The zero-order valence-corrected chi connectivity index (χ0v) is 7.54. The zero-order chi connectivity index (χ0) is 9.26. The first-order chi connectivity index (χ1) is 6.33.